The van der Waals surface area contributed by atoms with E-state index in [1.807, 2.05) is 24.3 Å². The minimum Gasteiger partial charge on any atom is -0.379 e. The van der Waals surface area contributed by atoms with Gasteiger partial charge in [-0.15, -0.1) is 0 Å². The number of nitrogens with zero attached hydrogens (tertiary/aromatic N) is 2. The molecule has 0 radical (unpaired) electrons. The van der Waals surface area contributed by atoms with E-state index >= 15 is 0 Å². The molecule has 2 aliphatic heterocycles. The largest absolute Gasteiger partial charge is 0.379 e. The van der Waals surface area contributed by atoms with Gasteiger partial charge in [-0.05, 0) is 48.2 Å². The minimum absolute atomic E-state index is 0.0705. The van der Waals surface area contributed by atoms with Crippen LogP contribution in [0, 0.1) is 0 Å². The molecule has 0 saturated carbocycles. The molecule has 2 fully saturated rings. The van der Waals surface area contributed by atoms with Crippen LogP contribution in [0.2, 0.25) is 0 Å². The molecule has 0 aliphatic carbocycles. The van der Waals surface area contributed by atoms with Gasteiger partial charge in [-0.25, -0.2) is 8.42 Å². The number of carbonyl (C=O) groups is 2. The van der Waals surface area contributed by atoms with E-state index in [4.69, 9.17) is 4.74 Å². The molecule has 0 bridgehead atoms. The summed E-state index contributed by atoms with van der Waals surface area (Å²) in [5.74, 6) is 0.0848. The summed E-state index contributed by atoms with van der Waals surface area (Å²) in [6.45, 7) is 2.73. The lowest BCUT2D eigenvalue weighted by molar-refractivity contribution is -0.121. The fraction of sp³-hybridized carbons (Fsp3) is 0.417. The first kappa shape index (κ1) is 23.4. The summed E-state index contributed by atoms with van der Waals surface area (Å²) >= 11 is 0. The second kappa shape index (κ2) is 10.5. The maximum Gasteiger partial charge on any atom is 0.243 e. The number of rotatable bonds is 8. The third-order valence-electron chi connectivity index (χ3n) is 5.98. The Bertz CT molecular complexity index is 1080. The van der Waals surface area contributed by atoms with Crippen molar-refractivity contribution >= 4 is 27.5 Å². The van der Waals surface area contributed by atoms with Crippen LogP contribution in [0.5, 0.6) is 0 Å². The highest BCUT2D eigenvalue weighted by atomic mass is 32.2. The highest BCUT2D eigenvalue weighted by molar-refractivity contribution is 7.89. The normalized spacial score (nSPS) is 17.3. The van der Waals surface area contributed by atoms with Gasteiger partial charge >= 0.3 is 0 Å². The maximum atomic E-state index is 12.7. The topological polar surface area (TPSA) is 96.0 Å². The first-order valence-corrected chi connectivity index (χ1v) is 12.7. The number of amides is 2. The van der Waals surface area contributed by atoms with E-state index < -0.39 is 10.0 Å². The minimum atomic E-state index is -3.51. The van der Waals surface area contributed by atoms with E-state index in [9.17, 15) is 18.0 Å². The molecular formula is C24H29N3O5S. The first-order chi connectivity index (χ1) is 15.9. The molecule has 2 amide bonds. The van der Waals surface area contributed by atoms with Crippen LogP contribution in [-0.4, -0.2) is 57.4 Å². The van der Waals surface area contributed by atoms with Crippen LogP contribution < -0.4 is 10.2 Å². The number of aryl methyl sites for hydroxylation is 1. The van der Waals surface area contributed by atoms with Gasteiger partial charge < -0.3 is 15.0 Å². The molecule has 176 valence electrons. The molecule has 8 nitrogen and oxygen atoms in total. The maximum absolute atomic E-state index is 12.7. The lowest BCUT2D eigenvalue weighted by atomic mass is 10.1. The molecule has 33 heavy (non-hydrogen) atoms. The number of morpholine rings is 1. The molecule has 0 atom stereocenters. The third kappa shape index (κ3) is 5.79. The van der Waals surface area contributed by atoms with Gasteiger partial charge in [0.15, 0.2) is 0 Å². The summed E-state index contributed by atoms with van der Waals surface area (Å²) in [5, 5.41) is 2.91. The number of anilines is 1. The van der Waals surface area contributed by atoms with E-state index in [2.05, 4.69) is 5.32 Å². The zero-order valence-corrected chi connectivity index (χ0v) is 19.4. The molecule has 2 aromatic carbocycles. The molecule has 9 heteroatoms. The van der Waals surface area contributed by atoms with Crippen LogP contribution in [0.25, 0.3) is 0 Å². The first-order valence-electron chi connectivity index (χ1n) is 11.3. The van der Waals surface area contributed by atoms with E-state index in [1.54, 1.807) is 29.2 Å². The van der Waals surface area contributed by atoms with Crippen LogP contribution in [-0.2, 0) is 37.3 Å². The van der Waals surface area contributed by atoms with Crippen molar-refractivity contribution in [1.82, 2.24) is 9.62 Å². The molecule has 0 spiro atoms. The number of benzene rings is 2. The smallest absolute Gasteiger partial charge is 0.243 e. The zero-order chi connectivity index (χ0) is 23.3. The average Bonchev–Trinajstić information content (AvgIpc) is 3.28. The second-order valence-electron chi connectivity index (χ2n) is 8.25. The summed E-state index contributed by atoms with van der Waals surface area (Å²) in [6, 6.07) is 14.4. The summed E-state index contributed by atoms with van der Waals surface area (Å²) in [5.41, 5.74) is 2.77. The van der Waals surface area contributed by atoms with Crippen molar-refractivity contribution in [1.29, 1.82) is 0 Å². The van der Waals surface area contributed by atoms with E-state index in [0.717, 1.165) is 29.8 Å². The van der Waals surface area contributed by atoms with Crippen molar-refractivity contribution in [2.24, 2.45) is 0 Å². The molecule has 2 heterocycles. The fourth-order valence-corrected chi connectivity index (χ4v) is 5.43. The SMILES string of the molecule is O=C(CCc1ccc(S(=O)(=O)N2CCOCC2)cc1)NCc1ccc(N2CCCC2=O)cc1. The molecule has 4 rings (SSSR count). The molecule has 2 saturated heterocycles. The molecular weight excluding hydrogens is 442 g/mol. The Hall–Kier alpha value is -2.75. The average molecular weight is 472 g/mol. The van der Waals surface area contributed by atoms with Gasteiger partial charge in [-0.3, -0.25) is 9.59 Å². The third-order valence-corrected chi connectivity index (χ3v) is 7.90. The van der Waals surface area contributed by atoms with Gasteiger partial charge in [0.2, 0.25) is 21.8 Å². The lowest BCUT2D eigenvalue weighted by Crippen LogP contribution is -2.40. The van der Waals surface area contributed by atoms with Gasteiger partial charge in [0.25, 0.3) is 0 Å². The van der Waals surface area contributed by atoms with Crippen molar-refractivity contribution in [3.05, 3.63) is 59.7 Å². The van der Waals surface area contributed by atoms with Crippen LogP contribution in [0.3, 0.4) is 0 Å². The predicted octanol–water partition coefficient (Wildman–Crippen LogP) is 2.08. The van der Waals surface area contributed by atoms with E-state index in [0.29, 0.717) is 52.1 Å². The highest BCUT2D eigenvalue weighted by Gasteiger charge is 2.26. The number of ether oxygens (including phenoxy) is 1. The highest BCUT2D eigenvalue weighted by Crippen LogP contribution is 2.22. The number of sulfonamides is 1. The van der Waals surface area contributed by atoms with Gasteiger partial charge in [-0.2, -0.15) is 4.31 Å². The molecule has 0 unspecified atom stereocenters. The van der Waals surface area contributed by atoms with E-state index in [1.165, 1.54) is 4.31 Å². The number of carbonyl (C=O) groups excluding carboxylic acids is 2. The zero-order valence-electron chi connectivity index (χ0n) is 18.5. The Morgan fingerprint density at radius 2 is 1.61 bits per heavy atom. The Balaban J connectivity index is 1.24. The monoisotopic (exact) mass is 471 g/mol. The van der Waals surface area contributed by atoms with Gasteiger partial charge in [-0.1, -0.05) is 24.3 Å². The summed E-state index contributed by atoms with van der Waals surface area (Å²) in [6.07, 6.45) is 2.34. The Labute approximate surface area is 194 Å². The van der Waals surface area contributed by atoms with Crippen molar-refractivity contribution in [2.75, 3.05) is 37.7 Å². The van der Waals surface area contributed by atoms with Crippen LogP contribution in [0.15, 0.2) is 53.4 Å². The lowest BCUT2D eigenvalue weighted by Gasteiger charge is -2.26. The fourth-order valence-electron chi connectivity index (χ4n) is 4.03. The quantitative estimate of drug-likeness (QED) is 0.636. The van der Waals surface area contributed by atoms with Gasteiger partial charge in [0, 0.05) is 44.7 Å². The summed E-state index contributed by atoms with van der Waals surface area (Å²) in [7, 11) is -3.51. The Morgan fingerprint density at radius 1 is 0.939 bits per heavy atom. The van der Waals surface area contributed by atoms with Crippen molar-refractivity contribution in [2.45, 2.75) is 37.1 Å². The Morgan fingerprint density at radius 3 is 2.24 bits per heavy atom. The number of hydrogen-bond acceptors (Lipinski definition) is 5. The van der Waals surface area contributed by atoms with Crippen molar-refractivity contribution < 1.29 is 22.7 Å². The predicted molar refractivity (Wildman–Crippen MR) is 124 cm³/mol. The van der Waals surface area contributed by atoms with Gasteiger partial charge in [0.05, 0.1) is 18.1 Å². The van der Waals surface area contributed by atoms with Crippen LogP contribution in [0.1, 0.15) is 30.4 Å². The number of nitrogens with one attached hydrogen (secondary N) is 1. The van der Waals surface area contributed by atoms with Gasteiger partial charge in [0.1, 0.15) is 0 Å². The second-order valence-corrected chi connectivity index (χ2v) is 10.2. The molecule has 2 aromatic rings. The van der Waals surface area contributed by atoms with Crippen molar-refractivity contribution in [3.63, 3.8) is 0 Å². The Kier molecular flexibility index (Phi) is 7.42. The van der Waals surface area contributed by atoms with Crippen LogP contribution in [0.4, 0.5) is 5.69 Å². The summed E-state index contributed by atoms with van der Waals surface area (Å²) in [4.78, 5) is 26.2. The summed E-state index contributed by atoms with van der Waals surface area (Å²) < 4.78 is 32.0. The van der Waals surface area contributed by atoms with E-state index in [-0.39, 0.29) is 16.7 Å². The molecule has 1 N–H and O–H groups in total. The van der Waals surface area contributed by atoms with Crippen molar-refractivity contribution in [3.8, 4) is 0 Å². The van der Waals surface area contributed by atoms with Crippen LogP contribution >= 0.6 is 0 Å². The number of hydrogen-bond donors (Lipinski definition) is 1. The molecule has 2 aliphatic rings. The standard InChI is InChI=1S/C24H29N3O5S/c28-23(25-18-20-3-8-21(9-4-20)27-13-1-2-24(27)29)12-7-19-5-10-22(11-6-19)33(30,31)26-14-16-32-17-15-26/h3-6,8-11H,1-2,7,12-18H2,(H,25,28). The molecule has 0 aromatic heterocycles.